The van der Waals surface area contributed by atoms with Crippen LogP contribution in [0, 0.1) is 0 Å². The molecule has 0 spiro atoms. The van der Waals surface area contributed by atoms with Gasteiger partial charge in [0.15, 0.2) is 0 Å². The second kappa shape index (κ2) is 15.7. The first-order valence-corrected chi connectivity index (χ1v) is 13.9. The summed E-state index contributed by atoms with van der Waals surface area (Å²) in [5.74, 6) is 0.351. The fourth-order valence-corrected chi connectivity index (χ4v) is 3.91. The fourth-order valence-electron chi connectivity index (χ4n) is 3.91. The van der Waals surface area contributed by atoms with Crippen molar-refractivity contribution in [3.8, 4) is 11.5 Å². The fraction of sp³-hybridized carbons (Fsp3) is 0.235. The lowest BCUT2D eigenvalue weighted by Gasteiger charge is -2.16. The molecule has 0 aromatic heterocycles. The molecule has 4 rings (SSSR count). The van der Waals surface area contributed by atoms with Gasteiger partial charge in [0.1, 0.15) is 36.9 Å². The van der Waals surface area contributed by atoms with Gasteiger partial charge < -0.3 is 29.6 Å². The van der Waals surface area contributed by atoms with Crippen molar-refractivity contribution in [2.45, 2.75) is 38.9 Å². The maximum absolute atomic E-state index is 12.2. The van der Waals surface area contributed by atoms with E-state index in [0.717, 1.165) is 22.7 Å². The highest BCUT2D eigenvalue weighted by Gasteiger charge is 2.16. The van der Waals surface area contributed by atoms with Crippen LogP contribution < -0.4 is 20.1 Å². The maximum Gasteiger partial charge on any atom is 0.306 e. The summed E-state index contributed by atoms with van der Waals surface area (Å²) in [6, 6.07) is 34.8. The largest absolute Gasteiger partial charge is 0.490 e. The van der Waals surface area contributed by atoms with Gasteiger partial charge in [-0.1, -0.05) is 36.4 Å². The number of benzene rings is 4. The Labute approximate surface area is 246 Å². The first-order valence-electron chi connectivity index (χ1n) is 13.9. The standard InChI is InChI=1S/C34H36N2O6/c1-25(23-39-31-17-13-29(14-18-31)35-27-9-5-3-6-10-27)41-33(37)21-22-34(38)42-26(2)24-40-32-19-15-30(16-20-32)36-28-11-7-4-8-12-28/h3-20,25-26,35-36H,21-24H2,1-2H3. The number of rotatable bonds is 15. The molecule has 0 heterocycles. The van der Waals surface area contributed by atoms with Crippen LogP contribution in [0.5, 0.6) is 11.5 Å². The van der Waals surface area contributed by atoms with E-state index < -0.39 is 24.1 Å². The van der Waals surface area contributed by atoms with Crippen molar-refractivity contribution in [3.05, 3.63) is 109 Å². The summed E-state index contributed by atoms with van der Waals surface area (Å²) in [4.78, 5) is 24.4. The van der Waals surface area contributed by atoms with Crippen LogP contribution in [0.15, 0.2) is 109 Å². The third-order valence-electron chi connectivity index (χ3n) is 6.00. The van der Waals surface area contributed by atoms with Gasteiger partial charge in [0, 0.05) is 22.7 Å². The van der Waals surface area contributed by atoms with Crippen LogP contribution in [0.4, 0.5) is 22.7 Å². The van der Waals surface area contributed by atoms with Gasteiger partial charge in [-0.25, -0.2) is 0 Å². The number of carbonyl (C=O) groups is 2. The summed E-state index contributed by atoms with van der Waals surface area (Å²) in [5, 5.41) is 6.62. The van der Waals surface area contributed by atoms with Crippen LogP contribution in [0.1, 0.15) is 26.7 Å². The van der Waals surface area contributed by atoms with Crippen LogP contribution in [-0.4, -0.2) is 37.4 Å². The van der Waals surface area contributed by atoms with E-state index in [1.807, 2.05) is 109 Å². The number of hydrogen-bond acceptors (Lipinski definition) is 8. The molecule has 218 valence electrons. The highest BCUT2D eigenvalue weighted by molar-refractivity contribution is 5.77. The normalized spacial score (nSPS) is 12.0. The molecule has 2 N–H and O–H groups in total. The first-order chi connectivity index (χ1) is 20.4. The van der Waals surface area contributed by atoms with Gasteiger partial charge in [0.25, 0.3) is 0 Å². The van der Waals surface area contributed by atoms with E-state index in [1.165, 1.54) is 0 Å². The van der Waals surface area contributed by atoms with Crippen molar-refractivity contribution < 1.29 is 28.5 Å². The Kier molecular flexibility index (Phi) is 11.2. The van der Waals surface area contributed by atoms with Crippen LogP contribution in [0.2, 0.25) is 0 Å². The Balaban J connectivity index is 1.08. The molecule has 4 aromatic rings. The molecular weight excluding hydrogens is 532 g/mol. The summed E-state index contributed by atoms with van der Waals surface area (Å²) in [6.45, 7) is 3.87. The molecule has 42 heavy (non-hydrogen) atoms. The molecule has 0 saturated heterocycles. The van der Waals surface area contributed by atoms with Gasteiger partial charge in [0.05, 0.1) is 12.8 Å². The quantitative estimate of drug-likeness (QED) is 0.145. The number of para-hydroxylation sites is 2. The van der Waals surface area contributed by atoms with E-state index in [2.05, 4.69) is 10.6 Å². The van der Waals surface area contributed by atoms with E-state index in [4.69, 9.17) is 18.9 Å². The van der Waals surface area contributed by atoms with Gasteiger partial charge in [-0.15, -0.1) is 0 Å². The van der Waals surface area contributed by atoms with Gasteiger partial charge >= 0.3 is 11.9 Å². The van der Waals surface area contributed by atoms with Crippen molar-refractivity contribution in [1.82, 2.24) is 0 Å². The molecule has 4 aromatic carbocycles. The SMILES string of the molecule is CC(COc1ccc(Nc2ccccc2)cc1)OC(=O)CCC(=O)OC(C)COc1ccc(Nc2ccccc2)cc1. The molecule has 2 unspecified atom stereocenters. The Morgan fingerprint density at radius 1 is 0.524 bits per heavy atom. The predicted molar refractivity (Wildman–Crippen MR) is 164 cm³/mol. The number of anilines is 4. The minimum absolute atomic E-state index is 0.0769. The molecule has 0 radical (unpaired) electrons. The predicted octanol–water partition coefficient (Wildman–Crippen LogP) is 7.28. The smallest absolute Gasteiger partial charge is 0.306 e. The van der Waals surface area contributed by atoms with Crippen LogP contribution in [-0.2, 0) is 19.1 Å². The van der Waals surface area contributed by atoms with Crippen LogP contribution in [0.3, 0.4) is 0 Å². The Morgan fingerprint density at radius 2 is 0.857 bits per heavy atom. The number of nitrogens with one attached hydrogen (secondary N) is 2. The molecule has 0 amide bonds. The average Bonchev–Trinajstić information content (AvgIpc) is 3.00. The van der Waals surface area contributed by atoms with Crippen LogP contribution in [0.25, 0.3) is 0 Å². The van der Waals surface area contributed by atoms with Gasteiger partial charge in [-0.2, -0.15) is 0 Å². The number of hydrogen-bond donors (Lipinski definition) is 2. The lowest BCUT2D eigenvalue weighted by Crippen LogP contribution is -2.24. The molecule has 0 bridgehead atoms. The van der Waals surface area contributed by atoms with Gasteiger partial charge in [0.2, 0.25) is 0 Å². The minimum Gasteiger partial charge on any atom is -0.490 e. The molecule has 0 aliphatic heterocycles. The van der Waals surface area contributed by atoms with E-state index in [0.29, 0.717) is 11.5 Å². The number of carbonyl (C=O) groups excluding carboxylic acids is 2. The second-order valence-electron chi connectivity index (χ2n) is 9.75. The Bertz CT molecular complexity index is 1270. The first kappa shape index (κ1) is 30.0. The summed E-state index contributed by atoms with van der Waals surface area (Å²) >= 11 is 0. The number of ether oxygens (including phenoxy) is 4. The monoisotopic (exact) mass is 568 g/mol. The molecule has 0 aliphatic rings. The van der Waals surface area contributed by atoms with Crippen molar-refractivity contribution in [2.24, 2.45) is 0 Å². The lowest BCUT2D eigenvalue weighted by atomic mass is 10.2. The van der Waals surface area contributed by atoms with Crippen molar-refractivity contribution in [1.29, 1.82) is 0 Å². The zero-order chi connectivity index (χ0) is 29.6. The lowest BCUT2D eigenvalue weighted by molar-refractivity contribution is -0.156. The van der Waals surface area contributed by atoms with E-state index >= 15 is 0 Å². The molecule has 8 nitrogen and oxygen atoms in total. The Hall–Kier alpha value is -4.98. The van der Waals surface area contributed by atoms with E-state index in [9.17, 15) is 9.59 Å². The zero-order valence-corrected chi connectivity index (χ0v) is 23.8. The summed E-state index contributed by atoms with van der Waals surface area (Å²) in [6.07, 6.45) is -1.10. The van der Waals surface area contributed by atoms with Crippen LogP contribution >= 0.6 is 0 Å². The summed E-state index contributed by atoms with van der Waals surface area (Å²) in [7, 11) is 0. The molecule has 0 saturated carbocycles. The maximum atomic E-state index is 12.2. The average molecular weight is 569 g/mol. The molecule has 8 heteroatoms. The van der Waals surface area contributed by atoms with Gasteiger partial charge in [-0.3, -0.25) is 9.59 Å². The highest BCUT2D eigenvalue weighted by atomic mass is 16.6. The second-order valence-corrected chi connectivity index (χ2v) is 9.75. The Morgan fingerprint density at radius 3 is 1.21 bits per heavy atom. The third kappa shape index (κ3) is 10.5. The highest BCUT2D eigenvalue weighted by Crippen LogP contribution is 2.21. The summed E-state index contributed by atoms with van der Waals surface area (Å²) in [5.41, 5.74) is 3.87. The third-order valence-corrected chi connectivity index (χ3v) is 6.00. The molecule has 0 aliphatic carbocycles. The van der Waals surface area contributed by atoms with E-state index in [-0.39, 0.29) is 26.1 Å². The minimum atomic E-state index is -0.487. The zero-order valence-electron chi connectivity index (χ0n) is 23.8. The summed E-state index contributed by atoms with van der Waals surface area (Å²) < 4.78 is 22.2. The van der Waals surface area contributed by atoms with Gasteiger partial charge in [-0.05, 0) is 86.6 Å². The molecular formula is C34H36N2O6. The number of esters is 2. The topological polar surface area (TPSA) is 95.1 Å². The van der Waals surface area contributed by atoms with Crippen molar-refractivity contribution >= 4 is 34.7 Å². The van der Waals surface area contributed by atoms with Crippen molar-refractivity contribution in [3.63, 3.8) is 0 Å². The molecule has 2 atom stereocenters. The van der Waals surface area contributed by atoms with Crippen molar-refractivity contribution in [2.75, 3.05) is 23.8 Å². The van der Waals surface area contributed by atoms with E-state index in [1.54, 1.807) is 13.8 Å². The molecule has 0 fully saturated rings.